The zero-order valence-electron chi connectivity index (χ0n) is 16.4. The van der Waals surface area contributed by atoms with Gasteiger partial charge in [0.2, 0.25) is 10.0 Å². The van der Waals surface area contributed by atoms with E-state index in [1.807, 2.05) is 6.92 Å². The normalized spacial score (nSPS) is 24.4. The van der Waals surface area contributed by atoms with E-state index in [4.69, 9.17) is 0 Å². The van der Waals surface area contributed by atoms with Crippen LogP contribution in [-0.2, 0) is 16.6 Å². The predicted octanol–water partition coefficient (Wildman–Crippen LogP) is 2.83. The van der Waals surface area contributed by atoms with E-state index in [0.29, 0.717) is 24.1 Å². The van der Waals surface area contributed by atoms with Gasteiger partial charge in [-0.1, -0.05) is 6.42 Å². The lowest BCUT2D eigenvalue weighted by Crippen LogP contribution is -2.40. The highest BCUT2D eigenvalue weighted by Crippen LogP contribution is 2.49. The molecule has 4 rings (SSSR count). The van der Waals surface area contributed by atoms with Gasteiger partial charge in [-0.3, -0.25) is 5.10 Å². The third-order valence-corrected chi connectivity index (χ3v) is 7.77. The summed E-state index contributed by atoms with van der Waals surface area (Å²) in [6.07, 6.45) is 6.51. The molecule has 0 saturated heterocycles. The Morgan fingerprint density at radius 2 is 2.00 bits per heavy atom. The molecule has 2 fully saturated rings. The number of carbonyl (C=O) groups is 1. The summed E-state index contributed by atoms with van der Waals surface area (Å²) >= 11 is 0. The largest absolute Gasteiger partial charge is 0.332 e. The smallest absolute Gasteiger partial charge is 0.319 e. The highest BCUT2D eigenvalue weighted by Gasteiger charge is 2.42. The number of rotatable bonds is 7. The molecule has 1 heterocycles. The number of nitrogens with one attached hydrogen (secondary N) is 4. The number of amides is 2. The quantitative estimate of drug-likeness (QED) is 0.554. The lowest BCUT2D eigenvalue weighted by atomic mass is 9.84. The first-order valence-electron chi connectivity index (χ1n) is 10.1. The Hall–Kier alpha value is -2.39. The van der Waals surface area contributed by atoms with Crippen molar-refractivity contribution in [1.29, 1.82) is 0 Å². The van der Waals surface area contributed by atoms with E-state index >= 15 is 0 Å². The van der Waals surface area contributed by atoms with Crippen LogP contribution >= 0.6 is 0 Å². The van der Waals surface area contributed by atoms with E-state index in [1.54, 1.807) is 24.4 Å². The van der Waals surface area contributed by atoms with Crippen LogP contribution in [0.3, 0.4) is 0 Å². The Labute approximate surface area is 170 Å². The van der Waals surface area contributed by atoms with Crippen molar-refractivity contribution in [2.45, 2.75) is 50.1 Å². The molecule has 0 aliphatic heterocycles. The molecule has 2 amide bonds. The third-order valence-electron chi connectivity index (χ3n) is 6.20. The molecule has 1 aromatic carbocycles. The molecule has 0 spiro atoms. The monoisotopic (exact) mass is 417 g/mol. The number of fused-ring (bicyclic) bond motifs is 2. The van der Waals surface area contributed by atoms with Crippen molar-refractivity contribution in [3.8, 4) is 0 Å². The molecule has 0 unspecified atom stereocenters. The van der Waals surface area contributed by atoms with Crippen molar-refractivity contribution < 1.29 is 13.2 Å². The fraction of sp³-hybridized carbons (Fsp3) is 0.500. The summed E-state index contributed by atoms with van der Waals surface area (Å²) in [5.41, 5.74) is 1.31. The van der Waals surface area contributed by atoms with Crippen LogP contribution in [0.2, 0.25) is 0 Å². The fourth-order valence-corrected chi connectivity index (χ4v) is 6.05. The molecular weight excluding hydrogens is 390 g/mol. The maximum Gasteiger partial charge on any atom is 0.319 e. The number of aromatic amines is 1. The second-order valence-electron chi connectivity index (χ2n) is 8.16. The molecule has 0 radical (unpaired) electrons. The zero-order chi connectivity index (χ0) is 20.4. The second-order valence-corrected chi connectivity index (χ2v) is 9.88. The van der Waals surface area contributed by atoms with Gasteiger partial charge in [0.25, 0.3) is 0 Å². The number of aromatic nitrogens is 2. The molecule has 4 N–H and O–H groups in total. The molecule has 2 aliphatic carbocycles. The van der Waals surface area contributed by atoms with Gasteiger partial charge in [-0.05, 0) is 74.3 Å². The highest BCUT2D eigenvalue weighted by atomic mass is 32.2. The number of nitrogens with zero attached hydrogens (tertiary/aromatic N) is 1. The topological polar surface area (TPSA) is 116 Å². The van der Waals surface area contributed by atoms with Crippen molar-refractivity contribution in [2.24, 2.45) is 17.8 Å². The van der Waals surface area contributed by atoms with Gasteiger partial charge in [-0.2, -0.15) is 5.10 Å². The second kappa shape index (κ2) is 8.16. The van der Waals surface area contributed by atoms with Crippen LogP contribution in [-0.4, -0.2) is 30.7 Å². The summed E-state index contributed by atoms with van der Waals surface area (Å²) in [5, 5.41) is 12.0. The van der Waals surface area contributed by atoms with Gasteiger partial charge >= 0.3 is 6.03 Å². The Bertz CT molecular complexity index is 943. The van der Waals surface area contributed by atoms with E-state index < -0.39 is 10.0 Å². The first kappa shape index (κ1) is 19.9. The summed E-state index contributed by atoms with van der Waals surface area (Å²) in [7, 11) is -3.59. The molecule has 2 aliphatic rings. The number of urea groups is 1. The minimum atomic E-state index is -3.59. The number of carbonyl (C=O) groups excluding carboxylic acids is 1. The number of H-pyrrole nitrogens is 1. The minimum Gasteiger partial charge on any atom is -0.332 e. The van der Waals surface area contributed by atoms with Crippen LogP contribution in [0.5, 0.6) is 0 Å². The van der Waals surface area contributed by atoms with E-state index in [-0.39, 0.29) is 17.0 Å². The molecule has 8 nitrogen and oxygen atoms in total. The van der Waals surface area contributed by atoms with Crippen LogP contribution in [0.1, 0.15) is 38.3 Å². The summed E-state index contributed by atoms with van der Waals surface area (Å²) < 4.78 is 28.4. The number of anilines is 1. The molecule has 4 atom stereocenters. The fourth-order valence-electron chi connectivity index (χ4n) is 4.76. The Morgan fingerprint density at radius 1 is 1.21 bits per heavy atom. The van der Waals surface area contributed by atoms with Gasteiger partial charge in [-0.25, -0.2) is 17.9 Å². The van der Waals surface area contributed by atoms with Crippen LogP contribution in [0, 0.1) is 17.8 Å². The van der Waals surface area contributed by atoms with Crippen LogP contribution in [0.4, 0.5) is 10.5 Å². The van der Waals surface area contributed by atoms with Gasteiger partial charge in [0.05, 0.1) is 17.1 Å². The molecule has 29 heavy (non-hydrogen) atoms. The maximum absolute atomic E-state index is 12.8. The zero-order valence-corrected chi connectivity index (χ0v) is 17.2. The lowest BCUT2D eigenvalue weighted by Gasteiger charge is -2.28. The van der Waals surface area contributed by atoms with E-state index in [2.05, 4.69) is 25.6 Å². The molecule has 156 valence electrons. The van der Waals surface area contributed by atoms with E-state index in [1.165, 1.54) is 31.4 Å². The van der Waals surface area contributed by atoms with Gasteiger partial charge in [-0.15, -0.1) is 0 Å². The number of benzene rings is 1. The lowest BCUT2D eigenvalue weighted by molar-refractivity contribution is 0.251. The average Bonchev–Trinajstić information content (AvgIpc) is 3.44. The predicted molar refractivity (Wildman–Crippen MR) is 110 cm³/mol. The van der Waals surface area contributed by atoms with Crippen molar-refractivity contribution in [3.05, 3.63) is 42.2 Å². The third kappa shape index (κ3) is 4.62. The van der Waals surface area contributed by atoms with E-state index in [9.17, 15) is 13.2 Å². The molecule has 9 heteroatoms. The Balaban J connectivity index is 1.32. The van der Waals surface area contributed by atoms with Crippen molar-refractivity contribution in [1.82, 2.24) is 20.2 Å². The summed E-state index contributed by atoms with van der Waals surface area (Å²) in [5.74, 6) is 1.87. The Kier molecular flexibility index (Phi) is 5.60. The molecule has 2 saturated carbocycles. The summed E-state index contributed by atoms with van der Waals surface area (Å²) in [6.45, 7) is 2.30. The van der Waals surface area contributed by atoms with Gasteiger partial charge in [0.1, 0.15) is 0 Å². The van der Waals surface area contributed by atoms with E-state index in [0.717, 1.165) is 18.0 Å². The van der Waals surface area contributed by atoms with Gasteiger partial charge < -0.3 is 10.6 Å². The number of sulfonamides is 1. The molecule has 2 bridgehead atoms. The van der Waals surface area contributed by atoms with Gasteiger partial charge in [0, 0.05) is 17.9 Å². The van der Waals surface area contributed by atoms with Crippen LogP contribution < -0.4 is 15.4 Å². The summed E-state index contributed by atoms with van der Waals surface area (Å²) in [4.78, 5) is 12.2. The number of hydrogen-bond acceptors (Lipinski definition) is 4. The van der Waals surface area contributed by atoms with Crippen molar-refractivity contribution in [2.75, 3.05) is 5.32 Å². The maximum atomic E-state index is 12.8. The SMILES string of the molecule is C[C@@H](NS(=O)(=O)c1ccc(NC(=O)NCc2ccn[nH]2)cc1)[C@@H]1C[C@H]2CC[C@H]1C2. The van der Waals surface area contributed by atoms with Crippen LogP contribution in [0.25, 0.3) is 0 Å². The first-order chi connectivity index (χ1) is 13.9. The molecule has 1 aromatic heterocycles. The van der Waals surface area contributed by atoms with Crippen molar-refractivity contribution >= 4 is 21.7 Å². The summed E-state index contributed by atoms with van der Waals surface area (Å²) in [6, 6.07) is 7.53. The first-order valence-corrected chi connectivity index (χ1v) is 11.5. The minimum absolute atomic E-state index is 0.0682. The van der Waals surface area contributed by atoms with Crippen LogP contribution in [0.15, 0.2) is 41.4 Å². The van der Waals surface area contributed by atoms with Crippen molar-refractivity contribution in [3.63, 3.8) is 0 Å². The van der Waals surface area contributed by atoms with Gasteiger partial charge in [0.15, 0.2) is 0 Å². The molecule has 2 aromatic rings. The average molecular weight is 418 g/mol. The highest BCUT2D eigenvalue weighted by molar-refractivity contribution is 7.89. The Morgan fingerprint density at radius 3 is 2.62 bits per heavy atom. The number of hydrogen-bond donors (Lipinski definition) is 4. The molecular formula is C20H27N5O3S. The standard InChI is InChI=1S/C20H27N5O3S/c1-13(19-11-14-2-3-15(19)10-14)25-29(27,28)18-6-4-16(5-7-18)23-20(26)21-12-17-8-9-22-24-17/h4-9,13-15,19,25H,2-3,10-12H2,1H3,(H,22,24)(H2,21,23,26)/t13-,14+,15+,19+/m1/s1.